The molecule has 1 unspecified atom stereocenters. The van der Waals surface area contributed by atoms with Crippen LogP contribution in [0, 0.1) is 0 Å². The Labute approximate surface area is 139 Å². The van der Waals surface area contributed by atoms with E-state index < -0.39 is 0 Å². The third kappa shape index (κ3) is 7.20. The Kier molecular flexibility index (Phi) is 9.05. The van der Waals surface area contributed by atoms with Crippen LogP contribution >= 0.6 is 11.8 Å². The van der Waals surface area contributed by atoms with Gasteiger partial charge in [-0.3, -0.25) is 4.99 Å². The van der Waals surface area contributed by atoms with E-state index in [1.54, 1.807) is 0 Å². The number of hydrogen-bond donors (Lipinski definition) is 2. The second-order valence-electron chi connectivity index (χ2n) is 5.86. The van der Waals surface area contributed by atoms with E-state index in [9.17, 15) is 0 Å². The standard InChI is InChI=1S/C16H31N3O2S/c1-2-17-16(19-14-5-3-12-22-13-14)18-8-4-9-21-15-6-10-20-11-7-15/h14-15H,2-13H2,1H3,(H2,17,18,19). The van der Waals surface area contributed by atoms with Gasteiger partial charge in [-0.1, -0.05) is 0 Å². The van der Waals surface area contributed by atoms with E-state index >= 15 is 0 Å². The summed E-state index contributed by atoms with van der Waals surface area (Å²) in [5.74, 6) is 3.45. The third-order valence-corrected chi connectivity index (χ3v) is 5.16. The lowest BCUT2D eigenvalue weighted by Crippen LogP contribution is -2.45. The van der Waals surface area contributed by atoms with Crippen molar-refractivity contribution in [1.29, 1.82) is 0 Å². The molecule has 0 aliphatic carbocycles. The number of thioether (sulfide) groups is 1. The van der Waals surface area contributed by atoms with E-state index in [-0.39, 0.29) is 0 Å². The van der Waals surface area contributed by atoms with Gasteiger partial charge in [0.05, 0.1) is 6.10 Å². The molecule has 5 nitrogen and oxygen atoms in total. The maximum atomic E-state index is 5.88. The van der Waals surface area contributed by atoms with Crippen LogP contribution in [-0.2, 0) is 9.47 Å². The zero-order valence-corrected chi connectivity index (χ0v) is 14.6. The van der Waals surface area contributed by atoms with Crippen LogP contribution in [0.3, 0.4) is 0 Å². The lowest BCUT2D eigenvalue weighted by atomic mass is 10.1. The average Bonchev–Trinajstić information content (AvgIpc) is 2.56. The summed E-state index contributed by atoms with van der Waals surface area (Å²) < 4.78 is 11.2. The van der Waals surface area contributed by atoms with Gasteiger partial charge in [0.25, 0.3) is 0 Å². The largest absolute Gasteiger partial charge is 0.381 e. The van der Waals surface area contributed by atoms with Gasteiger partial charge in [0, 0.05) is 44.7 Å². The highest BCUT2D eigenvalue weighted by Crippen LogP contribution is 2.16. The van der Waals surface area contributed by atoms with Crippen LogP contribution in [0.25, 0.3) is 0 Å². The fourth-order valence-corrected chi connectivity index (χ4v) is 3.79. The first kappa shape index (κ1) is 17.9. The lowest BCUT2D eigenvalue weighted by molar-refractivity contribution is -0.0318. The molecule has 0 aromatic rings. The number of hydrogen-bond acceptors (Lipinski definition) is 4. The molecule has 2 heterocycles. The van der Waals surface area contributed by atoms with Crippen LogP contribution in [0.5, 0.6) is 0 Å². The highest BCUT2D eigenvalue weighted by atomic mass is 32.2. The van der Waals surface area contributed by atoms with Gasteiger partial charge in [0.15, 0.2) is 5.96 Å². The Morgan fingerprint density at radius 3 is 2.91 bits per heavy atom. The summed E-state index contributed by atoms with van der Waals surface area (Å²) in [6, 6.07) is 0.565. The molecule has 128 valence electrons. The number of aliphatic imine (C=N–C) groups is 1. The molecule has 0 aromatic carbocycles. The van der Waals surface area contributed by atoms with E-state index in [0.29, 0.717) is 12.1 Å². The van der Waals surface area contributed by atoms with Gasteiger partial charge in [0.2, 0.25) is 0 Å². The Morgan fingerprint density at radius 2 is 2.18 bits per heavy atom. The highest BCUT2D eigenvalue weighted by molar-refractivity contribution is 7.99. The van der Waals surface area contributed by atoms with Crippen molar-refractivity contribution in [2.75, 3.05) is 44.4 Å². The van der Waals surface area contributed by atoms with Gasteiger partial charge in [-0.2, -0.15) is 11.8 Å². The quantitative estimate of drug-likeness (QED) is 0.425. The first-order valence-electron chi connectivity index (χ1n) is 8.70. The van der Waals surface area contributed by atoms with Crippen molar-refractivity contribution in [2.24, 2.45) is 4.99 Å². The van der Waals surface area contributed by atoms with Crippen LogP contribution in [0.2, 0.25) is 0 Å². The fourth-order valence-electron chi connectivity index (χ4n) is 2.72. The van der Waals surface area contributed by atoms with Crippen molar-refractivity contribution in [2.45, 2.75) is 51.2 Å². The smallest absolute Gasteiger partial charge is 0.191 e. The summed E-state index contributed by atoms with van der Waals surface area (Å²) in [4.78, 5) is 4.67. The molecule has 2 aliphatic rings. The minimum Gasteiger partial charge on any atom is -0.381 e. The Morgan fingerprint density at radius 1 is 1.32 bits per heavy atom. The molecular weight excluding hydrogens is 298 g/mol. The van der Waals surface area contributed by atoms with Crippen LogP contribution < -0.4 is 10.6 Å². The van der Waals surface area contributed by atoms with Crippen molar-refractivity contribution < 1.29 is 9.47 Å². The van der Waals surface area contributed by atoms with Gasteiger partial charge >= 0.3 is 0 Å². The molecule has 1 atom stereocenters. The molecule has 0 saturated carbocycles. The maximum Gasteiger partial charge on any atom is 0.191 e. The second kappa shape index (κ2) is 11.1. The first-order chi connectivity index (χ1) is 10.9. The molecule has 0 aromatic heterocycles. The van der Waals surface area contributed by atoms with E-state index in [0.717, 1.165) is 58.1 Å². The van der Waals surface area contributed by atoms with Crippen molar-refractivity contribution in [3.63, 3.8) is 0 Å². The lowest BCUT2D eigenvalue weighted by Gasteiger charge is -2.24. The molecule has 2 N–H and O–H groups in total. The predicted molar refractivity (Wildman–Crippen MR) is 93.9 cm³/mol. The van der Waals surface area contributed by atoms with E-state index in [2.05, 4.69) is 22.5 Å². The predicted octanol–water partition coefficient (Wildman–Crippen LogP) is 2.02. The van der Waals surface area contributed by atoms with Gasteiger partial charge in [0.1, 0.15) is 0 Å². The monoisotopic (exact) mass is 329 g/mol. The van der Waals surface area contributed by atoms with Crippen molar-refractivity contribution in [3.05, 3.63) is 0 Å². The summed E-state index contributed by atoms with van der Waals surface area (Å²) in [5.41, 5.74) is 0. The van der Waals surface area contributed by atoms with E-state index in [1.807, 2.05) is 11.8 Å². The first-order valence-corrected chi connectivity index (χ1v) is 9.86. The summed E-state index contributed by atoms with van der Waals surface area (Å²) in [7, 11) is 0. The summed E-state index contributed by atoms with van der Waals surface area (Å²) in [5, 5.41) is 6.90. The fraction of sp³-hybridized carbons (Fsp3) is 0.938. The maximum absolute atomic E-state index is 5.88. The Hall–Kier alpha value is -0.460. The molecule has 0 spiro atoms. The average molecular weight is 330 g/mol. The Bertz CT molecular complexity index is 317. The molecule has 0 radical (unpaired) electrons. The topological polar surface area (TPSA) is 54.9 Å². The van der Waals surface area contributed by atoms with Crippen LogP contribution in [0.1, 0.15) is 39.0 Å². The van der Waals surface area contributed by atoms with E-state index in [4.69, 9.17) is 9.47 Å². The number of ether oxygens (including phenoxy) is 2. The Balaban J connectivity index is 1.61. The summed E-state index contributed by atoms with van der Waals surface area (Å²) >= 11 is 2.04. The normalized spacial score (nSPS) is 24.2. The molecular formula is C16H31N3O2S. The zero-order chi connectivity index (χ0) is 15.5. The van der Waals surface area contributed by atoms with Crippen LogP contribution in [0.4, 0.5) is 0 Å². The highest BCUT2D eigenvalue weighted by Gasteiger charge is 2.15. The summed E-state index contributed by atoms with van der Waals surface area (Å²) in [6.07, 6.45) is 6.00. The second-order valence-corrected chi connectivity index (χ2v) is 7.00. The molecule has 2 aliphatic heterocycles. The minimum absolute atomic E-state index is 0.392. The van der Waals surface area contributed by atoms with Gasteiger partial charge < -0.3 is 20.1 Å². The van der Waals surface area contributed by atoms with Crippen LogP contribution in [0.15, 0.2) is 4.99 Å². The van der Waals surface area contributed by atoms with Gasteiger partial charge in [-0.25, -0.2) is 0 Å². The van der Waals surface area contributed by atoms with Crippen molar-refractivity contribution in [3.8, 4) is 0 Å². The minimum atomic E-state index is 0.392. The molecule has 22 heavy (non-hydrogen) atoms. The van der Waals surface area contributed by atoms with Gasteiger partial charge in [-0.15, -0.1) is 0 Å². The molecule has 2 saturated heterocycles. The van der Waals surface area contributed by atoms with E-state index in [1.165, 1.54) is 24.3 Å². The third-order valence-electron chi connectivity index (χ3n) is 3.94. The molecule has 0 amide bonds. The van der Waals surface area contributed by atoms with Crippen molar-refractivity contribution >= 4 is 17.7 Å². The van der Waals surface area contributed by atoms with Crippen LogP contribution in [-0.4, -0.2) is 62.5 Å². The number of nitrogens with one attached hydrogen (secondary N) is 2. The zero-order valence-electron chi connectivity index (χ0n) is 13.8. The number of rotatable bonds is 7. The van der Waals surface area contributed by atoms with Gasteiger partial charge in [-0.05, 0) is 44.8 Å². The van der Waals surface area contributed by atoms with Crippen molar-refractivity contribution in [1.82, 2.24) is 10.6 Å². The SMILES string of the molecule is CCNC(=NCCCOC1CCOCC1)NC1CCCSC1. The molecule has 2 fully saturated rings. The number of guanidine groups is 1. The molecule has 0 bridgehead atoms. The molecule has 6 heteroatoms. The molecule has 2 rings (SSSR count). The number of nitrogens with zero attached hydrogens (tertiary/aromatic N) is 1. The summed E-state index contributed by atoms with van der Waals surface area (Å²) in [6.45, 7) is 6.32.